The Morgan fingerprint density at radius 1 is 0.357 bits per heavy atom. The van der Waals surface area contributed by atoms with E-state index in [2.05, 4.69) is 92.2 Å². The first-order chi connectivity index (χ1) is 61.6. The van der Waals surface area contributed by atoms with Crippen LogP contribution in [0.15, 0.2) is 313 Å². The van der Waals surface area contributed by atoms with Gasteiger partial charge in [0.15, 0.2) is 0 Å². The highest BCUT2D eigenvalue weighted by Crippen LogP contribution is 2.45. The molecule has 652 valence electrons. The van der Waals surface area contributed by atoms with Gasteiger partial charge >= 0.3 is 0 Å². The SMILES string of the molecule is Cc1cccc(C)c1Sc1cc([C@H]2CC(=O)N(c3ccc(S(N)(=O)=O)cc3)C2)ccc1C#N.Cc1cccc(C)c1Sc1cc([C@H]2CC(=O)N(c3cccc(C(N)=O)c3)C2)ccc1C#N.N#Cc1ccc([C@H]2CC(=O)N(c3ccc(S(N)(=O)=O)cc3)C2)cc1Sc1ccccc1Br.N#Cc1ccc([C@H]2CC(=O)N(c3ccc(S(N)(=O)=O)cc3)C2)cc1Sc1ccccc1Cl. The average molecular weight is 1930 g/mol. The van der Waals surface area contributed by atoms with E-state index in [1.807, 2.05) is 121 Å². The number of primary sulfonamides is 3. The molecule has 12 aromatic carbocycles. The van der Waals surface area contributed by atoms with Crippen LogP contribution in [0, 0.1) is 73.0 Å². The predicted octanol–water partition coefficient (Wildman–Crippen LogP) is 18.6. The minimum atomic E-state index is -3.79. The summed E-state index contributed by atoms with van der Waals surface area (Å²) in [5.41, 5.74) is 19.3. The number of benzene rings is 12. The zero-order valence-electron chi connectivity index (χ0n) is 69.7. The largest absolute Gasteiger partial charge is 0.366 e. The van der Waals surface area contributed by atoms with Crippen molar-refractivity contribution in [2.45, 2.75) is 131 Å². The highest BCUT2D eigenvalue weighted by Gasteiger charge is 2.37. The first-order valence-corrected chi connectivity index (χ1v) is 49.1. The van der Waals surface area contributed by atoms with Gasteiger partial charge in [-0.25, -0.2) is 40.7 Å². The molecule has 0 radical (unpaired) electrons. The Kier molecular flexibility index (Phi) is 30.1. The van der Waals surface area contributed by atoms with Crippen LogP contribution in [-0.2, 0) is 49.2 Å². The van der Waals surface area contributed by atoms with Gasteiger partial charge in [-0.05, 0) is 252 Å². The lowest BCUT2D eigenvalue weighted by Crippen LogP contribution is -2.24. The lowest BCUT2D eigenvalue weighted by molar-refractivity contribution is -0.118. The van der Waals surface area contributed by atoms with Gasteiger partial charge in [0, 0.05) is 147 Å². The molecule has 129 heavy (non-hydrogen) atoms. The molecule has 32 heteroatoms. The number of halogens is 2. The zero-order valence-corrected chi connectivity index (χ0v) is 77.8. The monoisotopic (exact) mass is 1930 g/mol. The number of rotatable bonds is 20. The number of amides is 5. The molecule has 0 spiro atoms. The van der Waals surface area contributed by atoms with Crippen molar-refractivity contribution in [3.8, 4) is 24.3 Å². The number of anilines is 4. The van der Waals surface area contributed by atoms with Gasteiger partial charge in [0.2, 0.25) is 59.6 Å². The molecule has 4 fully saturated rings. The highest BCUT2D eigenvalue weighted by atomic mass is 79.9. The molecule has 12 aromatic rings. The molecule has 0 aliphatic carbocycles. The maximum atomic E-state index is 12.8. The van der Waals surface area contributed by atoms with Gasteiger partial charge in [0.1, 0.15) is 24.3 Å². The van der Waals surface area contributed by atoms with Crippen molar-refractivity contribution in [3.05, 3.63) is 337 Å². The van der Waals surface area contributed by atoms with E-state index < -0.39 is 36.0 Å². The van der Waals surface area contributed by atoms with Crippen LogP contribution in [0.1, 0.15) is 126 Å². The second-order valence-corrected chi connectivity index (χ2v) is 41.1. The molecule has 5 amide bonds. The number of carbonyl (C=O) groups excluding carboxylic acids is 5. The second kappa shape index (κ2) is 41.1. The van der Waals surface area contributed by atoms with Crippen molar-refractivity contribution in [2.24, 2.45) is 21.2 Å². The lowest BCUT2D eigenvalue weighted by atomic mass is 9.97. The zero-order chi connectivity index (χ0) is 92.3. The first kappa shape index (κ1) is 94.5. The van der Waals surface area contributed by atoms with Crippen LogP contribution < -0.4 is 40.8 Å². The lowest BCUT2D eigenvalue weighted by Gasteiger charge is -2.18. The van der Waals surface area contributed by atoms with Crippen LogP contribution in [0.2, 0.25) is 5.02 Å². The summed E-state index contributed by atoms with van der Waals surface area (Å²) in [4.78, 5) is 76.6. The van der Waals surface area contributed by atoms with Crippen LogP contribution in [0.5, 0.6) is 0 Å². The maximum absolute atomic E-state index is 12.8. The maximum Gasteiger partial charge on any atom is 0.248 e. The normalized spacial score (nSPS) is 16.0. The Morgan fingerprint density at radius 3 is 0.946 bits per heavy atom. The fourth-order valence-electron chi connectivity index (χ4n) is 15.3. The molecule has 8 N–H and O–H groups in total. The van der Waals surface area contributed by atoms with Crippen molar-refractivity contribution < 1.29 is 49.2 Å². The van der Waals surface area contributed by atoms with Crippen molar-refractivity contribution in [1.29, 1.82) is 21.0 Å². The molecular formula is C97H82BrClN12O11S7. The van der Waals surface area contributed by atoms with Crippen molar-refractivity contribution in [2.75, 3.05) is 45.8 Å². The third kappa shape index (κ3) is 22.9. The van der Waals surface area contributed by atoms with E-state index in [0.717, 1.165) is 77.0 Å². The third-order valence-corrected chi connectivity index (χ3v) is 31.4. The Morgan fingerprint density at radius 2 is 0.643 bits per heavy atom. The number of hydrogen-bond donors (Lipinski definition) is 4. The van der Waals surface area contributed by atoms with Crippen LogP contribution in [0.4, 0.5) is 22.7 Å². The molecule has 4 saturated heterocycles. The summed E-state index contributed by atoms with van der Waals surface area (Å²) in [5, 5.41) is 54.4. The van der Waals surface area contributed by atoms with Crippen LogP contribution in [0.3, 0.4) is 0 Å². The van der Waals surface area contributed by atoms with Crippen molar-refractivity contribution in [3.63, 3.8) is 0 Å². The summed E-state index contributed by atoms with van der Waals surface area (Å²) in [7, 11) is -11.4. The predicted molar refractivity (Wildman–Crippen MR) is 506 cm³/mol. The molecule has 4 aliphatic rings. The third-order valence-electron chi connectivity index (χ3n) is 22.1. The summed E-state index contributed by atoms with van der Waals surface area (Å²) >= 11 is 15.9. The van der Waals surface area contributed by atoms with Gasteiger partial charge in [-0.15, -0.1) is 0 Å². The van der Waals surface area contributed by atoms with Gasteiger partial charge in [-0.1, -0.05) is 150 Å². The van der Waals surface area contributed by atoms with Gasteiger partial charge in [0.05, 0.1) is 42.0 Å². The topological polar surface area (TPSA) is 400 Å². The molecule has 0 saturated carbocycles. The molecule has 16 rings (SSSR count). The van der Waals surface area contributed by atoms with E-state index >= 15 is 0 Å². The summed E-state index contributed by atoms with van der Waals surface area (Å²) in [6.07, 6.45) is 1.37. The van der Waals surface area contributed by atoms with Gasteiger partial charge in [-0.2, -0.15) is 21.0 Å². The molecule has 23 nitrogen and oxygen atoms in total. The number of sulfonamides is 3. The molecule has 4 aliphatic heterocycles. The van der Waals surface area contributed by atoms with Crippen LogP contribution >= 0.6 is 74.6 Å². The Labute approximate surface area is 779 Å². The van der Waals surface area contributed by atoms with Gasteiger partial charge < -0.3 is 25.3 Å². The number of nitrogens with two attached hydrogens (primary N) is 4. The standard InChI is InChI=1S/C26H23N3O2S.C25H23N3O3S2.C23H18BrN3O3S2.C23H18ClN3O3S2/c1-16-5-3-6-17(2)25(16)32-23-12-18(9-10-20(23)14-27)21-13-24(30)29(15-21)22-8-4-7-19(11-22)26(28)31;1-16-4-3-5-17(2)25(16)32-23-12-18(6-7-19(23)14-26)20-13-24(29)28(15-20)21-8-10-22(11-9-21)33(27,30)31;2*24-20-3-1-2-4-21(20)31-22-11-15(5-6-16(22)13-25)17-12-23(28)27(14-17)18-7-9-19(10-8-18)32(26,29)30/h3-12,21H,13,15H2,1-2H3,(H2,28,31);3-12,20H,13,15H2,1-2H3,(H2,27,30,31);2*1-11,17H,12,14H2,(H2,26,29,30)/t21-;20-;2*17-/m0000/s1. The van der Waals surface area contributed by atoms with Crippen molar-refractivity contribution in [1.82, 2.24) is 0 Å². The van der Waals surface area contributed by atoms with Crippen LogP contribution in [0.25, 0.3) is 0 Å². The van der Waals surface area contributed by atoms with Gasteiger partial charge in [0.25, 0.3) is 0 Å². The van der Waals surface area contributed by atoms with E-state index in [-0.39, 0.29) is 62.0 Å². The smallest absolute Gasteiger partial charge is 0.248 e. The number of nitrogens with zero attached hydrogens (tertiary/aromatic N) is 8. The van der Waals surface area contributed by atoms with E-state index in [0.29, 0.717) is 107 Å². The number of aryl methyl sites for hydroxylation is 4. The molecule has 0 aromatic heterocycles. The number of nitriles is 4. The molecule has 4 atom stereocenters. The van der Waals surface area contributed by atoms with E-state index in [9.17, 15) is 70.3 Å². The first-order valence-electron chi connectivity index (χ1n) is 40.1. The number of hydrogen-bond acceptors (Lipinski definition) is 19. The Balaban J connectivity index is 0.000000147. The van der Waals surface area contributed by atoms with Gasteiger partial charge in [-0.3, -0.25) is 24.0 Å². The molecular weight excluding hydrogens is 1850 g/mol. The van der Waals surface area contributed by atoms with Crippen LogP contribution in [-0.4, -0.2) is 81.0 Å². The highest BCUT2D eigenvalue weighted by molar-refractivity contribution is 9.10. The summed E-state index contributed by atoms with van der Waals surface area (Å²) in [6, 6.07) is 84.2. The average Bonchev–Trinajstić information content (AvgIpc) is 1.65. The number of carbonyl (C=O) groups is 5. The Bertz CT molecular complexity index is 6720. The molecule has 4 heterocycles. The minimum Gasteiger partial charge on any atom is -0.366 e. The fraction of sp³-hybridized carbons (Fsp3) is 0.165. The Hall–Kier alpha value is -12.2. The minimum absolute atomic E-state index is 0.00206. The van der Waals surface area contributed by atoms with E-state index in [1.165, 1.54) is 71.0 Å². The van der Waals surface area contributed by atoms with E-state index in [1.54, 1.807) is 116 Å². The summed E-state index contributed by atoms with van der Waals surface area (Å²) in [6.45, 7) is 10.2. The summed E-state index contributed by atoms with van der Waals surface area (Å²) < 4.78 is 69.8. The second-order valence-electron chi connectivity index (χ2n) is 30.8. The fourth-order valence-corrected chi connectivity index (χ4v) is 21.8. The number of primary amides is 1. The van der Waals surface area contributed by atoms with E-state index in [4.69, 9.17) is 32.8 Å². The summed E-state index contributed by atoms with van der Waals surface area (Å²) in [5.74, 6) is -0.751. The quantitative estimate of drug-likeness (QED) is 0.0550. The molecule has 0 bridgehead atoms. The molecule has 0 unspecified atom stereocenters. The van der Waals surface area contributed by atoms with Crippen molar-refractivity contribution >= 4 is 157 Å².